The molecule has 0 amide bonds. The number of aliphatic carboxylic acids is 1. The van der Waals surface area contributed by atoms with E-state index in [4.69, 9.17) is 9.84 Å². The van der Waals surface area contributed by atoms with Gasteiger partial charge >= 0.3 is 5.97 Å². The summed E-state index contributed by atoms with van der Waals surface area (Å²) in [7, 11) is 0. The first-order valence-electron chi connectivity index (χ1n) is 11.4. The molecule has 2 atom stereocenters. The lowest BCUT2D eigenvalue weighted by atomic mass is 9.88. The number of β-amino-alcohol motifs (C(OH)–C–C–N with tert-alkyl or cyclic N) is 1. The molecular weight excluding hydrogens is 421 g/mol. The Labute approximate surface area is 195 Å². The van der Waals surface area contributed by atoms with Crippen LogP contribution in [0.2, 0.25) is 0 Å². The Balaban J connectivity index is 1.48. The number of halogens is 1. The van der Waals surface area contributed by atoms with Gasteiger partial charge in [-0.1, -0.05) is 30.3 Å². The number of rotatable bonds is 11. The van der Waals surface area contributed by atoms with Crippen LogP contribution in [0.5, 0.6) is 0 Å². The number of aliphatic hydroxyl groups excluding tert-OH is 1. The van der Waals surface area contributed by atoms with Crippen LogP contribution in [0.1, 0.15) is 55.5 Å². The number of benzene rings is 2. The minimum Gasteiger partial charge on any atom is -0.478 e. The average molecular weight is 456 g/mol. The van der Waals surface area contributed by atoms with Crippen molar-refractivity contribution in [2.24, 2.45) is 5.92 Å². The highest BCUT2D eigenvalue weighted by Gasteiger charge is 2.28. The van der Waals surface area contributed by atoms with Crippen LogP contribution >= 0.6 is 0 Å². The van der Waals surface area contributed by atoms with Crippen molar-refractivity contribution in [1.29, 1.82) is 0 Å². The summed E-state index contributed by atoms with van der Waals surface area (Å²) in [6.07, 6.45) is 4.39. The Bertz CT molecular complexity index is 963. The van der Waals surface area contributed by atoms with Gasteiger partial charge in [0, 0.05) is 18.2 Å². The van der Waals surface area contributed by atoms with Crippen molar-refractivity contribution in [2.45, 2.75) is 57.8 Å². The number of carboxylic acids is 1. The zero-order valence-electron chi connectivity index (χ0n) is 19.6. The Morgan fingerprint density at radius 2 is 1.91 bits per heavy atom. The van der Waals surface area contributed by atoms with Crippen LogP contribution in [-0.4, -0.2) is 41.0 Å². The quantitative estimate of drug-likeness (QED) is 0.434. The number of hydrogen-bond acceptors (Lipinski definition) is 4. The normalized spacial score (nSPS) is 16.2. The van der Waals surface area contributed by atoms with E-state index in [1.54, 1.807) is 6.92 Å². The average Bonchev–Trinajstić information content (AvgIpc) is 3.16. The van der Waals surface area contributed by atoms with Crippen molar-refractivity contribution in [1.82, 2.24) is 5.32 Å². The molecule has 0 aromatic heterocycles. The third-order valence-corrected chi connectivity index (χ3v) is 6.18. The first kappa shape index (κ1) is 25.1. The van der Waals surface area contributed by atoms with Crippen LogP contribution in [0.15, 0.2) is 48.5 Å². The smallest absolute Gasteiger partial charge is 0.328 e. The molecule has 2 aromatic rings. The molecule has 0 unspecified atom stereocenters. The highest BCUT2D eigenvalue weighted by molar-refractivity contribution is 5.85. The molecule has 0 fully saturated rings. The molecule has 1 aliphatic carbocycles. The minimum absolute atomic E-state index is 0.0811. The molecule has 0 saturated heterocycles. The summed E-state index contributed by atoms with van der Waals surface area (Å²) in [6, 6.07) is 12.7. The second-order valence-corrected chi connectivity index (χ2v) is 9.59. The van der Waals surface area contributed by atoms with Gasteiger partial charge in [0.15, 0.2) is 0 Å². The van der Waals surface area contributed by atoms with Crippen molar-refractivity contribution in [3.8, 4) is 0 Å². The molecule has 0 saturated carbocycles. The summed E-state index contributed by atoms with van der Waals surface area (Å²) in [4.78, 5) is 10.8. The lowest BCUT2D eigenvalue weighted by Crippen LogP contribution is -2.45. The fourth-order valence-electron chi connectivity index (χ4n) is 4.60. The summed E-state index contributed by atoms with van der Waals surface area (Å²) in [5.74, 6) is -0.918. The van der Waals surface area contributed by atoms with E-state index in [1.807, 2.05) is 0 Å². The highest BCUT2D eigenvalue weighted by Crippen LogP contribution is 2.32. The lowest BCUT2D eigenvalue weighted by molar-refractivity contribution is -0.131. The third-order valence-electron chi connectivity index (χ3n) is 6.18. The van der Waals surface area contributed by atoms with Crippen LogP contribution in [0, 0.1) is 11.7 Å². The monoisotopic (exact) mass is 455 g/mol. The number of carboxylic acid groups (broad SMARTS) is 1. The Morgan fingerprint density at radius 3 is 2.55 bits per heavy atom. The van der Waals surface area contributed by atoms with E-state index in [9.17, 15) is 14.3 Å². The number of carbonyl (C=O) groups is 1. The molecule has 33 heavy (non-hydrogen) atoms. The van der Waals surface area contributed by atoms with Crippen molar-refractivity contribution in [3.05, 3.63) is 76.6 Å². The molecule has 178 valence electrons. The maximum atomic E-state index is 13.8. The maximum absolute atomic E-state index is 13.8. The summed E-state index contributed by atoms with van der Waals surface area (Å²) in [6.45, 7) is 6.53. The van der Waals surface area contributed by atoms with Crippen molar-refractivity contribution in [3.63, 3.8) is 0 Å². The Hall–Kier alpha value is -2.54. The van der Waals surface area contributed by atoms with E-state index in [0.29, 0.717) is 23.6 Å². The molecule has 0 aliphatic heterocycles. The number of aliphatic hydroxyl groups is 1. The summed E-state index contributed by atoms with van der Waals surface area (Å²) >= 11 is 0. The molecule has 0 radical (unpaired) electrons. The number of fused-ring (bicyclic) bond motifs is 1. The van der Waals surface area contributed by atoms with Crippen molar-refractivity contribution >= 4 is 12.0 Å². The number of ether oxygens (including phenoxy) is 1. The van der Waals surface area contributed by atoms with Gasteiger partial charge in [0.25, 0.3) is 0 Å². The SMILES string of the molecule is C[C@@H](OC[C@H](O)CNC(C)(C)CC1Cc2ccccc2C1)c1cc(F)ccc1C=CC(=O)O. The van der Waals surface area contributed by atoms with Crippen LogP contribution < -0.4 is 5.32 Å². The number of nitrogens with one attached hydrogen (secondary N) is 1. The second kappa shape index (κ2) is 11.1. The van der Waals surface area contributed by atoms with Gasteiger partial charge in [-0.3, -0.25) is 0 Å². The van der Waals surface area contributed by atoms with Gasteiger partial charge in [0.2, 0.25) is 0 Å². The van der Waals surface area contributed by atoms with E-state index < -0.39 is 24.0 Å². The first-order valence-corrected chi connectivity index (χ1v) is 11.4. The third kappa shape index (κ3) is 7.49. The Kier molecular flexibility index (Phi) is 8.40. The fraction of sp³-hybridized carbons (Fsp3) is 0.444. The zero-order chi connectivity index (χ0) is 24.0. The molecule has 3 N–H and O–H groups in total. The number of hydrogen-bond donors (Lipinski definition) is 3. The maximum Gasteiger partial charge on any atom is 0.328 e. The van der Waals surface area contributed by atoms with Gasteiger partial charge < -0.3 is 20.3 Å². The predicted molar refractivity (Wildman–Crippen MR) is 127 cm³/mol. The standard InChI is InChI=1S/C27H34FNO4/c1-18(25-14-23(28)10-8-20(25)9-11-26(31)32)33-17-24(30)16-29-27(2,3)15-19-12-21-6-4-5-7-22(21)13-19/h4-11,14,18-19,24,29-30H,12-13,15-17H2,1-3H3,(H,31,32)/t18-,24-/m1/s1. The molecular formula is C27H34FNO4. The minimum atomic E-state index is -1.08. The summed E-state index contributed by atoms with van der Waals surface area (Å²) < 4.78 is 19.6. The van der Waals surface area contributed by atoms with Gasteiger partial charge in [-0.15, -0.1) is 0 Å². The molecule has 1 aliphatic rings. The molecule has 0 spiro atoms. The predicted octanol–water partition coefficient (Wildman–Crippen LogP) is 4.54. The topological polar surface area (TPSA) is 78.8 Å². The Morgan fingerprint density at radius 1 is 1.24 bits per heavy atom. The van der Waals surface area contributed by atoms with Crippen LogP contribution in [0.4, 0.5) is 4.39 Å². The van der Waals surface area contributed by atoms with E-state index in [-0.39, 0.29) is 12.1 Å². The highest BCUT2D eigenvalue weighted by atomic mass is 19.1. The lowest BCUT2D eigenvalue weighted by Gasteiger charge is -2.31. The second-order valence-electron chi connectivity index (χ2n) is 9.59. The molecule has 3 rings (SSSR count). The van der Waals surface area contributed by atoms with Crippen LogP contribution in [0.25, 0.3) is 6.08 Å². The first-order chi connectivity index (χ1) is 15.6. The van der Waals surface area contributed by atoms with Gasteiger partial charge in [0.1, 0.15) is 5.82 Å². The van der Waals surface area contributed by atoms with Gasteiger partial charge in [-0.05, 0) is 86.4 Å². The molecule has 0 heterocycles. The molecule has 6 heteroatoms. The molecule has 5 nitrogen and oxygen atoms in total. The van der Waals surface area contributed by atoms with E-state index in [0.717, 1.165) is 25.3 Å². The van der Waals surface area contributed by atoms with Gasteiger partial charge in [-0.25, -0.2) is 9.18 Å². The van der Waals surface area contributed by atoms with Crippen LogP contribution in [-0.2, 0) is 22.4 Å². The molecule has 2 aromatic carbocycles. The van der Waals surface area contributed by atoms with Crippen molar-refractivity contribution in [2.75, 3.05) is 13.2 Å². The summed E-state index contributed by atoms with van der Waals surface area (Å²) in [5, 5.41) is 22.8. The van der Waals surface area contributed by atoms with Gasteiger partial charge in [-0.2, -0.15) is 0 Å². The van der Waals surface area contributed by atoms with E-state index in [2.05, 4.69) is 43.4 Å². The summed E-state index contributed by atoms with van der Waals surface area (Å²) in [5.41, 5.74) is 3.86. The molecule has 0 bridgehead atoms. The van der Waals surface area contributed by atoms with E-state index in [1.165, 1.54) is 35.4 Å². The van der Waals surface area contributed by atoms with Crippen LogP contribution in [0.3, 0.4) is 0 Å². The van der Waals surface area contributed by atoms with E-state index >= 15 is 0 Å². The van der Waals surface area contributed by atoms with Gasteiger partial charge in [0.05, 0.1) is 18.8 Å². The largest absolute Gasteiger partial charge is 0.478 e. The zero-order valence-corrected chi connectivity index (χ0v) is 19.6. The fourth-order valence-corrected chi connectivity index (χ4v) is 4.60. The van der Waals surface area contributed by atoms with Crippen molar-refractivity contribution < 1.29 is 24.1 Å².